The van der Waals surface area contributed by atoms with Gasteiger partial charge in [-0.15, -0.1) is 0 Å². The Balaban J connectivity index is 2.18. The second-order valence-corrected chi connectivity index (χ2v) is 4.40. The van der Waals surface area contributed by atoms with Gasteiger partial charge < -0.3 is 10.4 Å². The standard InChI is InChI=1S/C13H18FNO/c14-13-4-2-1-3-11(13)12(9-16)10-5-7-15-8-6-10/h1-4,10,12,15-16H,5-9H2. The summed E-state index contributed by atoms with van der Waals surface area (Å²) >= 11 is 0. The molecule has 88 valence electrons. The summed E-state index contributed by atoms with van der Waals surface area (Å²) in [7, 11) is 0. The molecule has 1 aliphatic rings. The van der Waals surface area contributed by atoms with Gasteiger partial charge in [-0.1, -0.05) is 18.2 Å². The molecule has 0 aliphatic carbocycles. The van der Waals surface area contributed by atoms with Crippen LogP contribution in [0.25, 0.3) is 0 Å². The first-order valence-corrected chi connectivity index (χ1v) is 5.89. The molecule has 0 radical (unpaired) electrons. The Kier molecular flexibility index (Phi) is 3.91. The van der Waals surface area contributed by atoms with Gasteiger partial charge in [0.2, 0.25) is 0 Å². The van der Waals surface area contributed by atoms with E-state index in [1.165, 1.54) is 6.07 Å². The predicted molar refractivity (Wildman–Crippen MR) is 61.8 cm³/mol. The van der Waals surface area contributed by atoms with Crippen LogP contribution < -0.4 is 5.32 Å². The molecule has 1 heterocycles. The van der Waals surface area contributed by atoms with Crippen LogP contribution in [0.3, 0.4) is 0 Å². The van der Waals surface area contributed by atoms with E-state index < -0.39 is 0 Å². The van der Waals surface area contributed by atoms with Gasteiger partial charge in [-0.2, -0.15) is 0 Å². The first-order chi connectivity index (χ1) is 7.83. The summed E-state index contributed by atoms with van der Waals surface area (Å²) in [5.74, 6) is 0.145. The van der Waals surface area contributed by atoms with Crippen LogP contribution in [0.2, 0.25) is 0 Å². The quantitative estimate of drug-likeness (QED) is 0.820. The summed E-state index contributed by atoms with van der Waals surface area (Å²) < 4.78 is 13.7. The number of benzene rings is 1. The molecule has 2 N–H and O–H groups in total. The Morgan fingerprint density at radius 1 is 1.31 bits per heavy atom. The molecule has 0 amide bonds. The van der Waals surface area contributed by atoms with Gasteiger partial charge in [0, 0.05) is 5.92 Å². The van der Waals surface area contributed by atoms with Crippen LogP contribution in [-0.4, -0.2) is 24.8 Å². The maximum Gasteiger partial charge on any atom is 0.126 e. The number of hydrogen-bond donors (Lipinski definition) is 2. The highest BCUT2D eigenvalue weighted by Gasteiger charge is 2.26. The second kappa shape index (κ2) is 5.41. The number of piperidine rings is 1. The van der Waals surface area contributed by atoms with Gasteiger partial charge in [0.1, 0.15) is 5.82 Å². The van der Waals surface area contributed by atoms with E-state index in [9.17, 15) is 9.50 Å². The Bertz CT molecular complexity index is 336. The Morgan fingerprint density at radius 3 is 2.62 bits per heavy atom. The van der Waals surface area contributed by atoms with Gasteiger partial charge >= 0.3 is 0 Å². The number of aliphatic hydroxyl groups excluding tert-OH is 1. The summed E-state index contributed by atoms with van der Waals surface area (Å²) in [5.41, 5.74) is 0.664. The first kappa shape index (κ1) is 11.6. The third-order valence-electron chi connectivity index (χ3n) is 3.45. The molecule has 1 aromatic carbocycles. The van der Waals surface area contributed by atoms with E-state index in [0.29, 0.717) is 11.5 Å². The van der Waals surface area contributed by atoms with E-state index in [-0.39, 0.29) is 18.3 Å². The zero-order chi connectivity index (χ0) is 11.4. The predicted octanol–water partition coefficient (Wildman–Crippen LogP) is 1.90. The topological polar surface area (TPSA) is 32.3 Å². The van der Waals surface area contributed by atoms with Crippen LogP contribution in [-0.2, 0) is 0 Å². The van der Waals surface area contributed by atoms with E-state index >= 15 is 0 Å². The molecule has 0 saturated carbocycles. The van der Waals surface area contributed by atoms with Gasteiger partial charge in [0.05, 0.1) is 6.61 Å². The third kappa shape index (κ3) is 2.42. The van der Waals surface area contributed by atoms with Gasteiger partial charge in [0.25, 0.3) is 0 Å². The molecule has 2 nitrogen and oxygen atoms in total. The summed E-state index contributed by atoms with van der Waals surface area (Å²) in [6.45, 7) is 1.97. The highest BCUT2D eigenvalue weighted by atomic mass is 19.1. The Hall–Kier alpha value is -0.930. The fraction of sp³-hybridized carbons (Fsp3) is 0.538. The largest absolute Gasteiger partial charge is 0.396 e. The van der Waals surface area contributed by atoms with Crippen LogP contribution in [0.1, 0.15) is 24.3 Å². The summed E-state index contributed by atoms with van der Waals surface area (Å²) in [4.78, 5) is 0. The zero-order valence-corrected chi connectivity index (χ0v) is 9.32. The van der Waals surface area contributed by atoms with Gasteiger partial charge in [-0.05, 0) is 43.5 Å². The molecule has 2 rings (SSSR count). The fourth-order valence-corrected chi connectivity index (χ4v) is 2.52. The Labute approximate surface area is 95.5 Å². The molecular weight excluding hydrogens is 205 g/mol. The summed E-state index contributed by atoms with van der Waals surface area (Å²) in [6, 6.07) is 6.79. The molecule has 1 aromatic rings. The Morgan fingerprint density at radius 2 is 2.00 bits per heavy atom. The second-order valence-electron chi connectivity index (χ2n) is 4.40. The van der Waals surface area contributed by atoms with Crippen molar-refractivity contribution >= 4 is 0 Å². The van der Waals surface area contributed by atoms with Crippen molar-refractivity contribution in [3.05, 3.63) is 35.6 Å². The molecule has 1 unspecified atom stereocenters. The smallest absolute Gasteiger partial charge is 0.126 e. The van der Waals surface area contributed by atoms with Crippen LogP contribution in [0.5, 0.6) is 0 Å². The van der Waals surface area contributed by atoms with E-state index in [1.54, 1.807) is 12.1 Å². The summed E-state index contributed by atoms with van der Waals surface area (Å²) in [6.07, 6.45) is 2.03. The molecule has 1 aliphatic heterocycles. The number of hydrogen-bond acceptors (Lipinski definition) is 2. The van der Waals surface area contributed by atoms with E-state index in [2.05, 4.69) is 5.32 Å². The molecule has 3 heteroatoms. The van der Waals surface area contributed by atoms with E-state index in [1.807, 2.05) is 6.07 Å². The highest BCUT2D eigenvalue weighted by Crippen LogP contribution is 2.31. The maximum absolute atomic E-state index is 13.7. The van der Waals surface area contributed by atoms with Crippen LogP contribution in [0, 0.1) is 11.7 Å². The minimum atomic E-state index is -0.194. The van der Waals surface area contributed by atoms with Gasteiger partial charge in [0.15, 0.2) is 0 Å². The van der Waals surface area contributed by atoms with Gasteiger partial charge in [-0.3, -0.25) is 0 Å². The fourth-order valence-electron chi connectivity index (χ4n) is 2.52. The third-order valence-corrected chi connectivity index (χ3v) is 3.45. The molecule has 1 saturated heterocycles. The van der Waals surface area contributed by atoms with Crippen molar-refractivity contribution in [1.29, 1.82) is 0 Å². The zero-order valence-electron chi connectivity index (χ0n) is 9.32. The van der Waals surface area contributed by atoms with Crippen molar-refractivity contribution < 1.29 is 9.50 Å². The minimum absolute atomic E-state index is 0.0333. The van der Waals surface area contributed by atoms with Crippen LogP contribution in [0.15, 0.2) is 24.3 Å². The van der Waals surface area contributed by atoms with Crippen molar-refractivity contribution in [3.8, 4) is 0 Å². The van der Waals surface area contributed by atoms with Crippen molar-refractivity contribution in [2.75, 3.05) is 19.7 Å². The lowest BCUT2D eigenvalue weighted by Gasteiger charge is -2.30. The lowest BCUT2D eigenvalue weighted by Crippen LogP contribution is -2.32. The van der Waals surface area contributed by atoms with Crippen molar-refractivity contribution in [1.82, 2.24) is 5.32 Å². The van der Waals surface area contributed by atoms with Crippen LogP contribution in [0.4, 0.5) is 4.39 Å². The lowest BCUT2D eigenvalue weighted by molar-refractivity contribution is 0.198. The highest BCUT2D eigenvalue weighted by molar-refractivity contribution is 5.22. The number of halogens is 1. The number of aliphatic hydroxyl groups is 1. The average molecular weight is 223 g/mol. The number of nitrogens with one attached hydrogen (secondary N) is 1. The summed E-state index contributed by atoms with van der Waals surface area (Å²) in [5, 5.41) is 12.8. The molecular formula is C13H18FNO. The molecule has 0 bridgehead atoms. The minimum Gasteiger partial charge on any atom is -0.396 e. The van der Waals surface area contributed by atoms with Crippen molar-refractivity contribution in [2.24, 2.45) is 5.92 Å². The number of rotatable bonds is 3. The van der Waals surface area contributed by atoms with E-state index in [0.717, 1.165) is 25.9 Å². The molecule has 0 spiro atoms. The van der Waals surface area contributed by atoms with Crippen molar-refractivity contribution in [2.45, 2.75) is 18.8 Å². The van der Waals surface area contributed by atoms with Crippen molar-refractivity contribution in [3.63, 3.8) is 0 Å². The van der Waals surface area contributed by atoms with Crippen LogP contribution >= 0.6 is 0 Å². The normalized spacial score (nSPS) is 19.6. The van der Waals surface area contributed by atoms with Gasteiger partial charge in [-0.25, -0.2) is 4.39 Å². The molecule has 16 heavy (non-hydrogen) atoms. The molecule has 1 fully saturated rings. The molecule has 1 atom stereocenters. The monoisotopic (exact) mass is 223 g/mol. The average Bonchev–Trinajstić information content (AvgIpc) is 2.34. The lowest BCUT2D eigenvalue weighted by atomic mass is 9.81. The molecule has 0 aromatic heterocycles. The van der Waals surface area contributed by atoms with E-state index in [4.69, 9.17) is 0 Å². The maximum atomic E-state index is 13.7. The SMILES string of the molecule is OCC(c1ccccc1F)C1CCNCC1. The first-order valence-electron chi connectivity index (χ1n) is 5.89.